The molecule has 1 amide bonds. The van der Waals surface area contributed by atoms with Crippen LogP contribution in [0.3, 0.4) is 0 Å². The van der Waals surface area contributed by atoms with Crippen molar-refractivity contribution >= 4 is 12.2 Å². The summed E-state index contributed by atoms with van der Waals surface area (Å²) in [6, 6.07) is 16.2. The number of rotatable bonds is 5. The third kappa shape index (κ3) is 4.70. The highest BCUT2D eigenvalue weighted by Gasteiger charge is 2.07. The molecule has 1 aliphatic rings. The Hall–Kier alpha value is -2.59. The second-order valence-corrected chi connectivity index (χ2v) is 5.80. The van der Waals surface area contributed by atoms with Gasteiger partial charge < -0.3 is 15.4 Å². The number of hydrogen-bond acceptors (Lipinski definition) is 3. The predicted molar refractivity (Wildman–Crippen MR) is 95.5 cm³/mol. The molecule has 4 nitrogen and oxygen atoms in total. The third-order valence-corrected chi connectivity index (χ3v) is 4.00. The van der Waals surface area contributed by atoms with Crippen LogP contribution < -0.4 is 10.6 Å². The number of carbonyl (C=O) groups excluding carboxylic acids is 1. The van der Waals surface area contributed by atoms with Crippen LogP contribution >= 0.6 is 0 Å². The zero-order chi connectivity index (χ0) is 16.6. The van der Waals surface area contributed by atoms with Crippen LogP contribution in [0.15, 0.2) is 54.6 Å². The molecule has 1 aliphatic heterocycles. The van der Waals surface area contributed by atoms with Crippen LogP contribution in [0.2, 0.25) is 0 Å². The van der Waals surface area contributed by atoms with Gasteiger partial charge in [-0.05, 0) is 35.2 Å². The van der Waals surface area contributed by atoms with Gasteiger partial charge in [0.05, 0.1) is 0 Å². The van der Waals surface area contributed by atoms with Gasteiger partial charge in [-0.25, -0.2) is 4.79 Å². The van der Waals surface area contributed by atoms with E-state index >= 15 is 0 Å². The molecule has 0 aromatic heterocycles. The minimum absolute atomic E-state index is 0.286. The van der Waals surface area contributed by atoms with Crippen LogP contribution in [-0.4, -0.2) is 19.2 Å². The largest absolute Gasteiger partial charge is 0.445 e. The van der Waals surface area contributed by atoms with Crippen molar-refractivity contribution in [1.29, 1.82) is 0 Å². The summed E-state index contributed by atoms with van der Waals surface area (Å²) in [6.45, 7) is 2.72. The lowest BCUT2D eigenvalue weighted by Gasteiger charge is -2.17. The Morgan fingerprint density at radius 1 is 1.17 bits per heavy atom. The molecular formula is C20H22N2O2. The predicted octanol–water partition coefficient (Wildman–Crippen LogP) is 3.27. The van der Waals surface area contributed by atoms with Crippen molar-refractivity contribution in [2.24, 2.45) is 0 Å². The Balaban J connectivity index is 1.42. The molecule has 0 fully saturated rings. The van der Waals surface area contributed by atoms with E-state index in [9.17, 15) is 4.79 Å². The fraction of sp³-hybridized carbons (Fsp3) is 0.250. The molecule has 0 spiro atoms. The number of alkyl carbamates (subject to hydrolysis) is 1. The van der Waals surface area contributed by atoms with Gasteiger partial charge in [0.1, 0.15) is 6.61 Å². The summed E-state index contributed by atoms with van der Waals surface area (Å²) in [5.74, 6) is 0. The SMILES string of the molecule is O=C(NCC=Cc1ccc2c(c1)CNCC2)OCc1ccccc1. The number of amides is 1. The van der Waals surface area contributed by atoms with Crippen LogP contribution in [0.4, 0.5) is 4.79 Å². The molecule has 2 aromatic rings. The Labute approximate surface area is 142 Å². The van der Waals surface area contributed by atoms with Gasteiger partial charge in [0.2, 0.25) is 0 Å². The zero-order valence-corrected chi connectivity index (χ0v) is 13.6. The fourth-order valence-electron chi connectivity index (χ4n) is 2.72. The van der Waals surface area contributed by atoms with E-state index in [0.29, 0.717) is 6.54 Å². The average Bonchev–Trinajstić information content (AvgIpc) is 2.64. The molecule has 124 valence electrons. The van der Waals surface area contributed by atoms with E-state index in [2.05, 4.69) is 28.8 Å². The van der Waals surface area contributed by atoms with Crippen molar-refractivity contribution in [2.75, 3.05) is 13.1 Å². The molecule has 2 N–H and O–H groups in total. The smallest absolute Gasteiger partial charge is 0.407 e. The van der Waals surface area contributed by atoms with Gasteiger partial charge in [-0.2, -0.15) is 0 Å². The van der Waals surface area contributed by atoms with E-state index in [1.807, 2.05) is 42.5 Å². The number of benzene rings is 2. The lowest BCUT2D eigenvalue weighted by Crippen LogP contribution is -2.24. The van der Waals surface area contributed by atoms with Crippen molar-refractivity contribution < 1.29 is 9.53 Å². The van der Waals surface area contributed by atoms with Crippen LogP contribution in [0, 0.1) is 0 Å². The molecule has 0 saturated heterocycles. The Bertz CT molecular complexity index is 711. The third-order valence-electron chi connectivity index (χ3n) is 4.00. The van der Waals surface area contributed by atoms with E-state index in [1.54, 1.807) is 0 Å². The van der Waals surface area contributed by atoms with Gasteiger partial charge in [0.25, 0.3) is 0 Å². The number of fused-ring (bicyclic) bond motifs is 1. The van der Waals surface area contributed by atoms with Crippen LogP contribution in [0.25, 0.3) is 6.08 Å². The first-order valence-corrected chi connectivity index (χ1v) is 8.25. The Morgan fingerprint density at radius 3 is 2.92 bits per heavy atom. The first-order valence-electron chi connectivity index (χ1n) is 8.25. The van der Waals surface area contributed by atoms with Crippen molar-refractivity contribution in [3.63, 3.8) is 0 Å². The molecule has 4 heteroatoms. The summed E-state index contributed by atoms with van der Waals surface area (Å²) in [4.78, 5) is 11.6. The van der Waals surface area contributed by atoms with Crippen molar-refractivity contribution in [3.8, 4) is 0 Å². The molecule has 0 radical (unpaired) electrons. The molecular weight excluding hydrogens is 300 g/mol. The number of carbonyl (C=O) groups is 1. The molecule has 0 saturated carbocycles. The molecule has 0 unspecified atom stereocenters. The van der Waals surface area contributed by atoms with E-state index in [-0.39, 0.29) is 6.61 Å². The van der Waals surface area contributed by atoms with Crippen molar-refractivity contribution in [3.05, 3.63) is 76.9 Å². The van der Waals surface area contributed by atoms with Crippen molar-refractivity contribution in [2.45, 2.75) is 19.6 Å². The minimum atomic E-state index is -0.404. The maximum absolute atomic E-state index is 11.6. The maximum Gasteiger partial charge on any atom is 0.407 e. The summed E-state index contributed by atoms with van der Waals surface area (Å²) >= 11 is 0. The maximum atomic E-state index is 11.6. The van der Waals surface area contributed by atoms with E-state index in [0.717, 1.165) is 30.6 Å². The van der Waals surface area contributed by atoms with Crippen molar-refractivity contribution in [1.82, 2.24) is 10.6 Å². The first kappa shape index (κ1) is 16.3. The average molecular weight is 322 g/mol. The van der Waals surface area contributed by atoms with E-state index in [4.69, 9.17) is 4.74 Å². The normalized spacial score (nSPS) is 13.5. The van der Waals surface area contributed by atoms with Gasteiger partial charge in [-0.1, -0.05) is 60.7 Å². The summed E-state index contributed by atoms with van der Waals surface area (Å²) in [6.07, 6.45) is 4.64. The Morgan fingerprint density at radius 2 is 2.04 bits per heavy atom. The standard InChI is InChI=1S/C20H22N2O2/c23-20(24-15-17-5-2-1-3-6-17)22-11-4-7-16-8-9-18-10-12-21-14-19(18)13-16/h1-9,13,21H,10-12,14-15H2,(H,22,23). The second-order valence-electron chi connectivity index (χ2n) is 5.80. The topological polar surface area (TPSA) is 50.4 Å². The number of ether oxygens (including phenoxy) is 1. The van der Waals surface area contributed by atoms with Gasteiger partial charge in [-0.3, -0.25) is 0 Å². The molecule has 3 rings (SSSR count). The van der Waals surface area contributed by atoms with Gasteiger partial charge in [0, 0.05) is 13.1 Å². The molecule has 0 bridgehead atoms. The molecule has 1 heterocycles. The van der Waals surface area contributed by atoms with E-state index in [1.165, 1.54) is 11.1 Å². The molecule has 0 aliphatic carbocycles. The van der Waals surface area contributed by atoms with Gasteiger partial charge in [-0.15, -0.1) is 0 Å². The summed E-state index contributed by atoms with van der Waals surface area (Å²) in [7, 11) is 0. The van der Waals surface area contributed by atoms with Gasteiger partial charge in [0.15, 0.2) is 0 Å². The zero-order valence-electron chi connectivity index (χ0n) is 13.6. The number of hydrogen-bond donors (Lipinski definition) is 2. The number of nitrogens with one attached hydrogen (secondary N) is 2. The summed E-state index contributed by atoms with van der Waals surface area (Å²) in [5.41, 5.74) is 4.91. The fourth-order valence-corrected chi connectivity index (χ4v) is 2.72. The highest BCUT2D eigenvalue weighted by atomic mass is 16.5. The lowest BCUT2D eigenvalue weighted by molar-refractivity contribution is 0.141. The van der Waals surface area contributed by atoms with Gasteiger partial charge >= 0.3 is 6.09 Å². The monoisotopic (exact) mass is 322 g/mol. The highest BCUT2D eigenvalue weighted by molar-refractivity contribution is 5.67. The molecule has 0 atom stereocenters. The minimum Gasteiger partial charge on any atom is -0.445 e. The summed E-state index contributed by atoms with van der Waals surface area (Å²) < 4.78 is 5.16. The van der Waals surface area contributed by atoms with E-state index < -0.39 is 6.09 Å². The molecule has 24 heavy (non-hydrogen) atoms. The summed E-state index contributed by atoms with van der Waals surface area (Å²) in [5, 5.41) is 6.11. The first-order chi connectivity index (χ1) is 11.8. The Kier molecular flexibility index (Phi) is 5.64. The lowest BCUT2D eigenvalue weighted by atomic mass is 9.98. The van der Waals surface area contributed by atoms with Crippen LogP contribution in [0.5, 0.6) is 0 Å². The highest BCUT2D eigenvalue weighted by Crippen LogP contribution is 2.16. The molecule has 2 aromatic carbocycles. The quantitative estimate of drug-likeness (QED) is 0.888. The second kappa shape index (κ2) is 8.31. The van der Waals surface area contributed by atoms with Crippen LogP contribution in [-0.2, 0) is 24.3 Å². The van der Waals surface area contributed by atoms with Crippen LogP contribution in [0.1, 0.15) is 22.3 Å².